The van der Waals surface area contributed by atoms with Crippen LogP contribution in [0.25, 0.3) is 0 Å². The maximum Gasteiger partial charge on any atom is 0.237 e. The predicted octanol–water partition coefficient (Wildman–Crippen LogP) is 1.29. The van der Waals surface area contributed by atoms with Crippen molar-refractivity contribution in [3.63, 3.8) is 0 Å². The first-order valence-corrected chi connectivity index (χ1v) is 6.74. The van der Waals surface area contributed by atoms with Gasteiger partial charge in [-0.05, 0) is 40.8 Å². The molecule has 0 aliphatic carbocycles. The fourth-order valence-corrected chi connectivity index (χ4v) is 2.37. The zero-order valence-corrected chi connectivity index (χ0v) is 12.0. The molecule has 2 N–H and O–H groups in total. The van der Waals surface area contributed by atoms with Crippen LogP contribution in [-0.4, -0.2) is 31.6 Å². The highest BCUT2D eigenvalue weighted by Gasteiger charge is 2.30. The summed E-state index contributed by atoms with van der Waals surface area (Å²) in [5.74, 6) is -0.200. The molecule has 1 aliphatic rings. The van der Waals surface area contributed by atoms with Crippen molar-refractivity contribution >= 4 is 28.5 Å². The third-order valence-electron chi connectivity index (χ3n) is 2.84. The smallest absolute Gasteiger partial charge is 0.237 e. The molecule has 1 aliphatic heterocycles. The van der Waals surface area contributed by atoms with E-state index in [0.717, 1.165) is 3.57 Å². The monoisotopic (exact) mass is 364 g/mol. The van der Waals surface area contributed by atoms with Crippen molar-refractivity contribution in [1.82, 2.24) is 10.6 Å². The summed E-state index contributed by atoms with van der Waals surface area (Å²) >= 11 is 2.04. The Morgan fingerprint density at radius 3 is 3.06 bits per heavy atom. The van der Waals surface area contributed by atoms with E-state index in [1.165, 1.54) is 6.07 Å². The highest BCUT2D eigenvalue weighted by Crippen LogP contribution is 2.22. The normalized spacial score (nSPS) is 22.8. The van der Waals surface area contributed by atoms with Crippen molar-refractivity contribution in [2.75, 3.05) is 13.6 Å². The van der Waals surface area contributed by atoms with Crippen LogP contribution in [0.3, 0.4) is 0 Å². The Bertz CT molecular complexity index is 456. The topological polar surface area (TPSA) is 50.4 Å². The highest BCUT2D eigenvalue weighted by molar-refractivity contribution is 14.1. The van der Waals surface area contributed by atoms with Gasteiger partial charge in [0.15, 0.2) is 11.6 Å². The van der Waals surface area contributed by atoms with Gasteiger partial charge in [-0.2, -0.15) is 0 Å². The van der Waals surface area contributed by atoms with Gasteiger partial charge in [0, 0.05) is 23.6 Å². The van der Waals surface area contributed by atoms with E-state index in [2.05, 4.69) is 10.6 Å². The van der Waals surface area contributed by atoms with Gasteiger partial charge >= 0.3 is 0 Å². The minimum atomic E-state index is -0.370. The molecule has 1 saturated heterocycles. The molecule has 0 unspecified atom stereocenters. The van der Waals surface area contributed by atoms with Gasteiger partial charge < -0.3 is 15.4 Å². The van der Waals surface area contributed by atoms with Gasteiger partial charge in [-0.3, -0.25) is 4.79 Å². The van der Waals surface area contributed by atoms with E-state index in [9.17, 15) is 9.18 Å². The van der Waals surface area contributed by atoms with E-state index in [1.54, 1.807) is 19.2 Å². The Morgan fingerprint density at radius 2 is 2.39 bits per heavy atom. The highest BCUT2D eigenvalue weighted by atomic mass is 127. The minimum Gasteiger partial charge on any atom is -0.486 e. The molecule has 2 atom stereocenters. The third kappa shape index (κ3) is 3.11. The molecule has 6 heteroatoms. The Balaban J connectivity index is 1.97. The molecule has 18 heavy (non-hydrogen) atoms. The number of hydrogen-bond acceptors (Lipinski definition) is 3. The van der Waals surface area contributed by atoms with Crippen LogP contribution < -0.4 is 15.4 Å². The van der Waals surface area contributed by atoms with E-state index in [-0.39, 0.29) is 29.6 Å². The van der Waals surface area contributed by atoms with Crippen molar-refractivity contribution in [3.8, 4) is 5.75 Å². The molecular formula is C12H14FIN2O2. The predicted molar refractivity (Wildman–Crippen MR) is 74.0 cm³/mol. The summed E-state index contributed by atoms with van der Waals surface area (Å²) in [5.41, 5.74) is 0. The number of benzene rings is 1. The van der Waals surface area contributed by atoms with E-state index < -0.39 is 0 Å². The van der Waals surface area contributed by atoms with Gasteiger partial charge in [0.2, 0.25) is 5.91 Å². The van der Waals surface area contributed by atoms with Crippen molar-refractivity contribution in [2.45, 2.75) is 18.6 Å². The number of rotatable bonds is 3. The molecule has 1 aromatic carbocycles. The summed E-state index contributed by atoms with van der Waals surface area (Å²) in [7, 11) is 1.59. The van der Waals surface area contributed by atoms with Gasteiger partial charge in [0.05, 0.1) is 6.04 Å². The van der Waals surface area contributed by atoms with Crippen LogP contribution in [-0.2, 0) is 4.79 Å². The molecule has 1 fully saturated rings. The number of nitrogens with one attached hydrogen (secondary N) is 2. The van der Waals surface area contributed by atoms with Crippen molar-refractivity contribution in [2.24, 2.45) is 0 Å². The summed E-state index contributed by atoms with van der Waals surface area (Å²) in [6, 6.07) is 4.57. The number of amides is 1. The number of hydrogen-bond donors (Lipinski definition) is 2. The first-order valence-electron chi connectivity index (χ1n) is 5.67. The summed E-state index contributed by atoms with van der Waals surface area (Å²) in [4.78, 5) is 11.4. The quantitative estimate of drug-likeness (QED) is 0.795. The van der Waals surface area contributed by atoms with Crippen LogP contribution in [0.4, 0.5) is 4.39 Å². The second kappa shape index (κ2) is 5.83. The van der Waals surface area contributed by atoms with Crippen LogP contribution in [0.1, 0.15) is 6.42 Å². The summed E-state index contributed by atoms with van der Waals surface area (Å²) < 4.78 is 20.0. The molecule has 0 spiro atoms. The number of ether oxygens (including phenoxy) is 1. The minimum absolute atomic E-state index is 0.0656. The van der Waals surface area contributed by atoms with E-state index in [0.29, 0.717) is 13.0 Å². The average molecular weight is 364 g/mol. The van der Waals surface area contributed by atoms with E-state index >= 15 is 0 Å². The SMILES string of the molecule is CNC(=O)[C@@H]1C[C@@H](Oc2ccc(I)cc2F)CN1. The van der Waals surface area contributed by atoms with Gasteiger partial charge in [-0.15, -0.1) is 0 Å². The number of halogens is 2. The molecule has 4 nitrogen and oxygen atoms in total. The molecule has 0 aromatic heterocycles. The van der Waals surface area contributed by atoms with E-state index in [1.807, 2.05) is 22.6 Å². The zero-order valence-electron chi connectivity index (χ0n) is 9.87. The number of likely N-dealkylation sites (N-methyl/N-ethyl adjacent to an activating group) is 1. The van der Waals surface area contributed by atoms with Crippen molar-refractivity contribution < 1.29 is 13.9 Å². The molecule has 1 amide bonds. The van der Waals surface area contributed by atoms with Gasteiger partial charge in [0.25, 0.3) is 0 Å². The third-order valence-corrected chi connectivity index (χ3v) is 3.51. The molecule has 2 rings (SSSR count). The summed E-state index contributed by atoms with van der Waals surface area (Å²) in [6.45, 7) is 0.545. The van der Waals surface area contributed by atoms with Crippen LogP contribution in [0.15, 0.2) is 18.2 Å². The van der Waals surface area contributed by atoms with Crippen LogP contribution in [0.2, 0.25) is 0 Å². The average Bonchev–Trinajstić information content (AvgIpc) is 2.80. The van der Waals surface area contributed by atoms with E-state index in [4.69, 9.17) is 4.74 Å². The van der Waals surface area contributed by atoms with Gasteiger partial charge in [0.1, 0.15) is 6.10 Å². The molecule has 1 aromatic rings. The van der Waals surface area contributed by atoms with Crippen LogP contribution >= 0.6 is 22.6 Å². The lowest BCUT2D eigenvalue weighted by Gasteiger charge is -2.13. The van der Waals surface area contributed by atoms with Crippen LogP contribution in [0, 0.1) is 9.39 Å². The maximum absolute atomic E-state index is 13.6. The Labute approximate surface area is 118 Å². The Kier molecular flexibility index (Phi) is 4.39. The summed E-state index contributed by atoms with van der Waals surface area (Å²) in [6.07, 6.45) is 0.368. The van der Waals surface area contributed by atoms with Crippen LogP contribution in [0.5, 0.6) is 5.75 Å². The molecule has 1 heterocycles. The second-order valence-electron chi connectivity index (χ2n) is 4.13. The molecule has 0 radical (unpaired) electrons. The lowest BCUT2D eigenvalue weighted by Crippen LogP contribution is -2.38. The zero-order chi connectivity index (χ0) is 13.1. The first-order chi connectivity index (χ1) is 8.60. The number of carbonyl (C=O) groups is 1. The fraction of sp³-hybridized carbons (Fsp3) is 0.417. The van der Waals surface area contributed by atoms with Gasteiger partial charge in [-0.25, -0.2) is 4.39 Å². The lowest BCUT2D eigenvalue weighted by molar-refractivity contribution is -0.122. The largest absolute Gasteiger partial charge is 0.486 e. The lowest BCUT2D eigenvalue weighted by atomic mass is 10.2. The van der Waals surface area contributed by atoms with Gasteiger partial charge in [-0.1, -0.05) is 0 Å². The summed E-state index contributed by atoms with van der Waals surface area (Å²) in [5, 5.41) is 5.63. The number of carbonyl (C=O) groups excluding carboxylic acids is 1. The Morgan fingerprint density at radius 1 is 1.61 bits per heavy atom. The Hall–Kier alpha value is -0.890. The van der Waals surface area contributed by atoms with Crippen molar-refractivity contribution in [1.29, 1.82) is 0 Å². The fourth-order valence-electron chi connectivity index (χ4n) is 1.92. The molecule has 0 saturated carbocycles. The first kappa shape index (κ1) is 13.5. The maximum atomic E-state index is 13.6. The molecule has 98 valence electrons. The van der Waals surface area contributed by atoms with Crippen molar-refractivity contribution in [3.05, 3.63) is 27.6 Å². The second-order valence-corrected chi connectivity index (χ2v) is 5.37. The molecular weight excluding hydrogens is 350 g/mol. The molecule has 0 bridgehead atoms. The standard InChI is InChI=1S/C12H14FIN2O2/c1-15-12(17)10-5-8(6-16-10)18-11-3-2-7(14)4-9(11)13/h2-4,8,10,16H,5-6H2,1H3,(H,15,17)/t8-,10+/m1/s1.